The molecule has 128 valence electrons. The van der Waals surface area contributed by atoms with Crippen LogP contribution in [-0.4, -0.2) is 39.5 Å². The van der Waals surface area contributed by atoms with Crippen molar-refractivity contribution in [1.82, 2.24) is 9.88 Å². The Morgan fingerprint density at radius 3 is 2.75 bits per heavy atom. The summed E-state index contributed by atoms with van der Waals surface area (Å²) in [5.74, 6) is 0.514. The molecule has 1 saturated heterocycles. The average molecular weight is 348 g/mol. The maximum Gasteiger partial charge on any atom is 0.326 e. The number of furan rings is 1. The van der Waals surface area contributed by atoms with Crippen LogP contribution in [0.3, 0.4) is 0 Å². The third-order valence-electron chi connectivity index (χ3n) is 4.35. The molecule has 3 heterocycles. The minimum absolute atomic E-state index is 0.251. The maximum absolute atomic E-state index is 12.9. The third kappa shape index (κ3) is 3.08. The Bertz CT molecular complexity index is 779. The van der Waals surface area contributed by atoms with Gasteiger partial charge in [-0.25, -0.2) is 9.78 Å². The minimum atomic E-state index is -0.945. The highest BCUT2D eigenvalue weighted by Crippen LogP contribution is 2.32. The highest BCUT2D eigenvalue weighted by molar-refractivity contribution is 7.17. The first-order valence-corrected chi connectivity index (χ1v) is 8.76. The molecule has 3 rings (SSSR count). The molecule has 0 aromatic carbocycles. The predicted octanol–water partition coefficient (Wildman–Crippen LogP) is 3.35. The fraction of sp³-hybridized carbons (Fsp3) is 0.471. The van der Waals surface area contributed by atoms with Crippen LogP contribution in [0.25, 0.3) is 10.8 Å². The molecule has 1 amide bonds. The second-order valence-electron chi connectivity index (χ2n) is 6.33. The van der Waals surface area contributed by atoms with Crippen LogP contribution in [0.4, 0.5) is 0 Å². The zero-order chi connectivity index (χ0) is 17.4. The van der Waals surface area contributed by atoms with E-state index in [0.717, 1.165) is 12.2 Å². The van der Waals surface area contributed by atoms with Gasteiger partial charge in [-0.2, -0.15) is 0 Å². The number of rotatable bonds is 3. The standard InChI is InChI=1S/C17H20N2O4S/c1-9-6-7-19(12(8-9)17(21)22)16(20)14-11(3)18-15(24-14)13-5-4-10(2)23-13/h4-5,9,12H,6-8H2,1-3H3,(H,21,22). The molecule has 1 fully saturated rings. The highest BCUT2D eigenvalue weighted by atomic mass is 32.1. The number of likely N-dealkylation sites (tertiary alicyclic amines) is 1. The Morgan fingerprint density at radius 1 is 1.38 bits per heavy atom. The van der Waals surface area contributed by atoms with E-state index in [1.54, 1.807) is 6.92 Å². The van der Waals surface area contributed by atoms with E-state index >= 15 is 0 Å². The van der Waals surface area contributed by atoms with Crippen molar-refractivity contribution < 1.29 is 19.1 Å². The van der Waals surface area contributed by atoms with Crippen LogP contribution >= 0.6 is 11.3 Å². The van der Waals surface area contributed by atoms with Gasteiger partial charge in [0.1, 0.15) is 16.7 Å². The van der Waals surface area contributed by atoms with Gasteiger partial charge in [0.15, 0.2) is 10.8 Å². The van der Waals surface area contributed by atoms with E-state index in [2.05, 4.69) is 4.98 Å². The van der Waals surface area contributed by atoms with Crippen molar-refractivity contribution in [3.63, 3.8) is 0 Å². The summed E-state index contributed by atoms with van der Waals surface area (Å²) in [6, 6.07) is 2.90. The average Bonchev–Trinajstić information content (AvgIpc) is 3.12. The summed E-state index contributed by atoms with van der Waals surface area (Å²) in [4.78, 5) is 30.8. The van der Waals surface area contributed by atoms with Gasteiger partial charge in [0.2, 0.25) is 0 Å². The Hall–Kier alpha value is -2.15. The second kappa shape index (κ2) is 6.39. The number of amides is 1. The molecule has 0 spiro atoms. The van der Waals surface area contributed by atoms with E-state index < -0.39 is 12.0 Å². The number of carbonyl (C=O) groups is 2. The fourth-order valence-corrected chi connectivity index (χ4v) is 3.98. The summed E-state index contributed by atoms with van der Waals surface area (Å²) in [5, 5.41) is 10.1. The van der Waals surface area contributed by atoms with Crippen molar-refractivity contribution in [2.75, 3.05) is 6.54 Å². The lowest BCUT2D eigenvalue weighted by atomic mass is 9.92. The molecule has 0 saturated carbocycles. The summed E-state index contributed by atoms with van der Waals surface area (Å²) in [6.45, 7) is 6.10. The molecular formula is C17H20N2O4S. The number of aliphatic carboxylic acids is 1. The van der Waals surface area contributed by atoms with Crippen molar-refractivity contribution in [3.8, 4) is 10.8 Å². The maximum atomic E-state index is 12.9. The number of aromatic nitrogens is 1. The molecule has 2 unspecified atom stereocenters. The van der Waals surface area contributed by atoms with Crippen LogP contribution in [0.2, 0.25) is 0 Å². The summed E-state index contributed by atoms with van der Waals surface area (Å²) in [7, 11) is 0. The number of hydrogen-bond acceptors (Lipinski definition) is 5. The van der Waals surface area contributed by atoms with E-state index in [0.29, 0.717) is 40.2 Å². The van der Waals surface area contributed by atoms with Crippen LogP contribution in [0.15, 0.2) is 16.5 Å². The molecule has 1 aliphatic rings. The lowest BCUT2D eigenvalue weighted by molar-refractivity contribution is -0.144. The molecule has 1 aliphatic heterocycles. The molecule has 2 aromatic heterocycles. The molecule has 24 heavy (non-hydrogen) atoms. The normalized spacial score (nSPS) is 21.0. The first-order chi connectivity index (χ1) is 11.4. The molecule has 6 nitrogen and oxygen atoms in total. The Kier molecular flexibility index (Phi) is 4.45. The predicted molar refractivity (Wildman–Crippen MR) is 90.1 cm³/mol. The largest absolute Gasteiger partial charge is 0.480 e. The quantitative estimate of drug-likeness (QED) is 0.919. The van der Waals surface area contributed by atoms with Crippen molar-refractivity contribution in [1.29, 1.82) is 0 Å². The highest BCUT2D eigenvalue weighted by Gasteiger charge is 2.36. The summed E-state index contributed by atoms with van der Waals surface area (Å²) in [6.07, 6.45) is 1.31. The van der Waals surface area contributed by atoms with Gasteiger partial charge in [-0.3, -0.25) is 4.79 Å². The first-order valence-electron chi connectivity index (χ1n) is 7.95. The molecule has 2 aromatic rings. The number of piperidine rings is 1. The molecule has 0 aliphatic carbocycles. The van der Waals surface area contributed by atoms with Crippen LogP contribution in [-0.2, 0) is 4.79 Å². The van der Waals surface area contributed by atoms with Gasteiger partial charge in [-0.05, 0) is 44.7 Å². The number of hydrogen-bond donors (Lipinski definition) is 1. The van der Waals surface area contributed by atoms with Gasteiger partial charge in [0, 0.05) is 6.54 Å². The lowest BCUT2D eigenvalue weighted by Crippen LogP contribution is -2.49. The first kappa shape index (κ1) is 16.7. The van der Waals surface area contributed by atoms with Gasteiger partial charge in [0.25, 0.3) is 5.91 Å². The topological polar surface area (TPSA) is 83.6 Å². The number of carboxylic acids is 1. The lowest BCUT2D eigenvalue weighted by Gasteiger charge is -2.35. The van der Waals surface area contributed by atoms with Gasteiger partial charge in [-0.1, -0.05) is 6.92 Å². The Morgan fingerprint density at radius 2 is 2.12 bits per heavy atom. The SMILES string of the molecule is Cc1ccc(-c2nc(C)c(C(=O)N3CCC(C)CC3C(=O)O)s2)o1. The zero-order valence-electron chi connectivity index (χ0n) is 13.9. The van der Waals surface area contributed by atoms with Gasteiger partial charge >= 0.3 is 5.97 Å². The summed E-state index contributed by atoms with van der Waals surface area (Å²) >= 11 is 1.25. The molecule has 0 bridgehead atoms. The molecule has 1 N–H and O–H groups in total. The Balaban J connectivity index is 1.89. The number of aryl methyl sites for hydroxylation is 2. The van der Waals surface area contributed by atoms with E-state index in [-0.39, 0.29) is 5.91 Å². The van der Waals surface area contributed by atoms with Crippen LogP contribution in [0.1, 0.15) is 40.9 Å². The van der Waals surface area contributed by atoms with Crippen LogP contribution in [0, 0.1) is 19.8 Å². The zero-order valence-corrected chi connectivity index (χ0v) is 14.7. The third-order valence-corrected chi connectivity index (χ3v) is 5.51. The number of carbonyl (C=O) groups excluding carboxylic acids is 1. The minimum Gasteiger partial charge on any atom is -0.480 e. The van der Waals surface area contributed by atoms with E-state index in [1.165, 1.54) is 16.2 Å². The van der Waals surface area contributed by atoms with Crippen molar-refractivity contribution >= 4 is 23.2 Å². The van der Waals surface area contributed by atoms with E-state index in [9.17, 15) is 14.7 Å². The summed E-state index contributed by atoms with van der Waals surface area (Å²) < 4.78 is 5.57. The molecule has 7 heteroatoms. The van der Waals surface area contributed by atoms with Crippen molar-refractivity contribution in [3.05, 3.63) is 28.5 Å². The van der Waals surface area contributed by atoms with Gasteiger partial charge < -0.3 is 14.4 Å². The molecule has 0 radical (unpaired) electrons. The number of thiazole rings is 1. The molecule has 2 atom stereocenters. The van der Waals surface area contributed by atoms with Gasteiger partial charge in [-0.15, -0.1) is 11.3 Å². The van der Waals surface area contributed by atoms with Gasteiger partial charge in [0.05, 0.1) is 5.69 Å². The van der Waals surface area contributed by atoms with Crippen LogP contribution < -0.4 is 0 Å². The van der Waals surface area contributed by atoms with Crippen molar-refractivity contribution in [2.45, 2.75) is 39.7 Å². The monoisotopic (exact) mass is 348 g/mol. The number of nitrogens with zero attached hydrogens (tertiary/aromatic N) is 2. The van der Waals surface area contributed by atoms with Crippen LogP contribution in [0.5, 0.6) is 0 Å². The van der Waals surface area contributed by atoms with Crippen molar-refractivity contribution in [2.24, 2.45) is 5.92 Å². The fourth-order valence-electron chi connectivity index (χ4n) is 3.00. The van der Waals surface area contributed by atoms with E-state index in [1.807, 2.05) is 26.0 Å². The smallest absolute Gasteiger partial charge is 0.326 e. The van der Waals surface area contributed by atoms with E-state index in [4.69, 9.17) is 4.42 Å². The Labute approximate surface area is 144 Å². The number of carboxylic acid groups (broad SMARTS) is 1. The second-order valence-corrected chi connectivity index (χ2v) is 7.33. The summed E-state index contributed by atoms with van der Waals surface area (Å²) in [5.41, 5.74) is 0.608. The molecular weight excluding hydrogens is 328 g/mol.